The highest BCUT2D eigenvalue weighted by Gasteiger charge is 2.26. The highest BCUT2D eigenvalue weighted by Crippen LogP contribution is 2.22. The van der Waals surface area contributed by atoms with Crippen molar-refractivity contribution < 1.29 is 4.79 Å². The van der Waals surface area contributed by atoms with E-state index < -0.39 is 0 Å². The predicted molar refractivity (Wildman–Crippen MR) is 67.4 cm³/mol. The zero-order valence-electron chi connectivity index (χ0n) is 10.2. The van der Waals surface area contributed by atoms with E-state index in [4.69, 9.17) is 0 Å². The van der Waals surface area contributed by atoms with Crippen molar-refractivity contribution in [2.75, 3.05) is 25.6 Å². The van der Waals surface area contributed by atoms with E-state index in [0.717, 1.165) is 25.8 Å². The predicted octanol–water partition coefficient (Wildman–Crippen LogP) is 2.43. The smallest absolute Gasteiger partial charge is 0.137 e. The third-order valence-corrected chi connectivity index (χ3v) is 4.08. The van der Waals surface area contributed by atoms with Crippen LogP contribution in [-0.4, -0.2) is 42.3 Å². The van der Waals surface area contributed by atoms with Crippen LogP contribution in [0, 0.1) is 5.92 Å². The number of hydrogen-bond acceptors (Lipinski definition) is 3. The molecular formula is C12H23NOS. The van der Waals surface area contributed by atoms with Crippen LogP contribution < -0.4 is 0 Å². The maximum atomic E-state index is 11.5. The molecule has 2 unspecified atom stereocenters. The molecule has 0 spiro atoms. The Morgan fingerprint density at radius 3 is 2.87 bits per heavy atom. The van der Waals surface area contributed by atoms with Gasteiger partial charge >= 0.3 is 0 Å². The van der Waals surface area contributed by atoms with Crippen molar-refractivity contribution in [2.45, 2.75) is 38.6 Å². The standard InChI is InChI=1S/C12H23NOS/c1-10(7-8-15-3)13(2)9-11-5-4-6-12(11)14/h10-11H,4-9H2,1-3H3. The summed E-state index contributed by atoms with van der Waals surface area (Å²) in [6.45, 7) is 3.23. The summed E-state index contributed by atoms with van der Waals surface area (Å²) in [5, 5.41) is 0. The van der Waals surface area contributed by atoms with Gasteiger partial charge < -0.3 is 4.90 Å². The first-order valence-corrected chi connectivity index (χ1v) is 7.26. The lowest BCUT2D eigenvalue weighted by molar-refractivity contribution is -0.121. The normalized spacial score (nSPS) is 23.7. The van der Waals surface area contributed by atoms with Crippen LogP contribution in [-0.2, 0) is 4.79 Å². The Labute approximate surface area is 97.8 Å². The molecule has 15 heavy (non-hydrogen) atoms. The molecule has 0 heterocycles. The van der Waals surface area contributed by atoms with Crippen LogP contribution >= 0.6 is 11.8 Å². The molecule has 0 aromatic rings. The molecule has 0 aromatic carbocycles. The Balaban J connectivity index is 2.27. The lowest BCUT2D eigenvalue weighted by Crippen LogP contribution is -2.35. The number of thioether (sulfide) groups is 1. The fourth-order valence-corrected chi connectivity index (χ4v) is 2.69. The molecule has 1 aliphatic rings. The Morgan fingerprint density at radius 2 is 2.33 bits per heavy atom. The minimum Gasteiger partial charge on any atom is -0.303 e. The maximum absolute atomic E-state index is 11.5. The number of carbonyl (C=O) groups is 1. The Bertz CT molecular complexity index is 208. The summed E-state index contributed by atoms with van der Waals surface area (Å²) in [6.07, 6.45) is 6.40. The Hall–Kier alpha value is -0.0200. The number of Topliss-reactive ketones (excluding diaryl/α,β-unsaturated/α-hetero) is 1. The second-order valence-electron chi connectivity index (χ2n) is 4.63. The van der Waals surface area contributed by atoms with Gasteiger partial charge in [0, 0.05) is 24.9 Å². The molecule has 0 N–H and O–H groups in total. The summed E-state index contributed by atoms with van der Waals surface area (Å²) in [7, 11) is 2.15. The van der Waals surface area contributed by atoms with Crippen molar-refractivity contribution in [3.8, 4) is 0 Å². The quantitative estimate of drug-likeness (QED) is 0.698. The molecule has 2 nitrogen and oxygen atoms in total. The van der Waals surface area contributed by atoms with Crippen molar-refractivity contribution in [1.29, 1.82) is 0 Å². The van der Waals surface area contributed by atoms with Gasteiger partial charge in [0.05, 0.1) is 0 Å². The summed E-state index contributed by atoms with van der Waals surface area (Å²) >= 11 is 1.90. The van der Waals surface area contributed by atoms with Gasteiger partial charge in [-0.1, -0.05) is 0 Å². The lowest BCUT2D eigenvalue weighted by Gasteiger charge is -2.26. The van der Waals surface area contributed by atoms with Gasteiger partial charge in [-0.15, -0.1) is 0 Å². The first-order chi connectivity index (χ1) is 7.15. The largest absolute Gasteiger partial charge is 0.303 e. The first kappa shape index (κ1) is 13.0. The highest BCUT2D eigenvalue weighted by molar-refractivity contribution is 7.98. The minimum atomic E-state index is 0.326. The van der Waals surface area contributed by atoms with Gasteiger partial charge in [0.25, 0.3) is 0 Å². The van der Waals surface area contributed by atoms with Crippen molar-refractivity contribution in [1.82, 2.24) is 4.90 Å². The van der Waals surface area contributed by atoms with Gasteiger partial charge in [0.1, 0.15) is 5.78 Å². The number of hydrogen-bond donors (Lipinski definition) is 0. The topological polar surface area (TPSA) is 20.3 Å². The van der Waals surface area contributed by atoms with Crippen LogP contribution in [0.2, 0.25) is 0 Å². The number of ketones is 1. The second kappa shape index (κ2) is 6.54. The van der Waals surface area contributed by atoms with E-state index in [1.807, 2.05) is 11.8 Å². The Morgan fingerprint density at radius 1 is 1.60 bits per heavy atom. The van der Waals surface area contributed by atoms with Crippen LogP contribution in [0.3, 0.4) is 0 Å². The summed E-state index contributed by atoms with van der Waals surface area (Å²) in [6, 6.07) is 0.603. The lowest BCUT2D eigenvalue weighted by atomic mass is 10.1. The monoisotopic (exact) mass is 229 g/mol. The fourth-order valence-electron chi connectivity index (χ4n) is 2.12. The van der Waals surface area contributed by atoms with Crippen LogP contribution in [0.15, 0.2) is 0 Å². The average molecular weight is 229 g/mol. The van der Waals surface area contributed by atoms with Gasteiger partial charge in [-0.3, -0.25) is 4.79 Å². The molecule has 0 saturated heterocycles. The van der Waals surface area contributed by atoms with Gasteiger partial charge in [0.2, 0.25) is 0 Å². The molecule has 1 rings (SSSR count). The van der Waals surface area contributed by atoms with Crippen LogP contribution in [0.25, 0.3) is 0 Å². The van der Waals surface area contributed by atoms with E-state index in [9.17, 15) is 4.79 Å². The van der Waals surface area contributed by atoms with E-state index in [2.05, 4.69) is 25.1 Å². The van der Waals surface area contributed by atoms with Crippen LogP contribution in [0.4, 0.5) is 0 Å². The summed E-state index contributed by atoms with van der Waals surface area (Å²) in [5.74, 6) is 2.02. The molecule has 0 bridgehead atoms. The molecular weight excluding hydrogens is 206 g/mol. The van der Waals surface area contributed by atoms with E-state index >= 15 is 0 Å². The number of rotatable bonds is 6. The third-order valence-electron chi connectivity index (χ3n) is 3.43. The number of nitrogens with zero attached hydrogens (tertiary/aromatic N) is 1. The average Bonchev–Trinajstić information content (AvgIpc) is 2.61. The first-order valence-electron chi connectivity index (χ1n) is 5.87. The fraction of sp³-hybridized carbons (Fsp3) is 0.917. The molecule has 0 aromatic heterocycles. The third kappa shape index (κ3) is 4.15. The van der Waals surface area contributed by atoms with Crippen molar-refractivity contribution in [3.63, 3.8) is 0 Å². The van der Waals surface area contributed by atoms with Crippen LogP contribution in [0.1, 0.15) is 32.6 Å². The molecule has 2 atom stereocenters. The second-order valence-corrected chi connectivity index (χ2v) is 5.61. The summed E-state index contributed by atoms with van der Waals surface area (Å²) in [5.41, 5.74) is 0. The molecule has 1 aliphatic carbocycles. The zero-order valence-corrected chi connectivity index (χ0v) is 11.0. The zero-order chi connectivity index (χ0) is 11.3. The van der Waals surface area contributed by atoms with Crippen molar-refractivity contribution >= 4 is 17.5 Å². The van der Waals surface area contributed by atoms with E-state index in [0.29, 0.717) is 17.7 Å². The van der Waals surface area contributed by atoms with Gasteiger partial charge in [-0.25, -0.2) is 0 Å². The molecule has 0 radical (unpaired) electrons. The molecule has 1 saturated carbocycles. The molecule has 3 heteroatoms. The number of carbonyl (C=O) groups excluding carboxylic acids is 1. The van der Waals surface area contributed by atoms with E-state index in [1.54, 1.807) is 0 Å². The van der Waals surface area contributed by atoms with Crippen molar-refractivity contribution in [2.24, 2.45) is 5.92 Å². The van der Waals surface area contributed by atoms with Crippen LogP contribution in [0.5, 0.6) is 0 Å². The minimum absolute atomic E-state index is 0.326. The molecule has 88 valence electrons. The summed E-state index contributed by atoms with van der Waals surface area (Å²) < 4.78 is 0. The maximum Gasteiger partial charge on any atom is 0.137 e. The van der Waals surface area contributed by atoms with Gasteiger partial charge in [0.15, 0.2) is 0 Å². The van der Waals surface area contributed by atoms with Gasteiger partial charge in [-0.05, 0) is 45.2 Å². The van der Waals surface area contributed by atoms with Gasteiger partial charge in [-0.2, -0.15) is 11.8 Å². The van der Waals surface area contributed by atoms with E-state index in [-0.39, 0.29) is 0 Å². The summed E-state index contributed by atoms with van der Waals surface area (Å²) in [4.78, 5) is 13.9. The highest BCUT2D eigenvalue weighted by atomic mass is 32.2. The SMILES string of the molecule is CSCCC(C)N(C)CC1CCCC1=O. The molecule has 1 fully saturated rings. The Kier molecular flexibility index (Phi) is 5.69. The molecule has 0 aliphatic heterocycles. The molecule has 0 amide bonds. The van der Waals surface area contributed by atoms with E-state index in [1.165, 1.54) is 12.2 Å². The van der Waals surface area contributed by atoms with Crippen molar-refractivity contribution in [3.05, 3.63) is 0 Å².